The molecule has 1 saturated heterocycles. The molecule has 1 unspecified atom stereocenters. The Morgan fingerprint density at radius 3 is 2.19 bits per heavy atom. The van der Waals surface area contributed by atoms with Crippen LogP contribution in [0.4, 0.5) is 5.69 Å². The van der Waals surface area contributed by atoms with Gasteiger partial charge in [-0.25, -0.2) is 4.98 Å². The van der Waals surface area contributed by atoms with Gasteiger partial charge in [0.1, 0.15) is 11.9 Å². The van der Waals surface area contributed by atoms with E-state index in [-0.39, 0.29) is 23.7 Å². The minimum absolute atomic E-state index is 0.0752. The molecule has 3 rings (SSSR count). The van der Waals surface area contributed by atoms with Gasteiger partial charge in [-0.05, 0) is 38.1 Å². The Balaban J connectivity index is 1.62. The van der Waals surface area contributed by atoms with Crippen molar-refractivity contribution in [2.75, 3.05) is 31.1 Å². The molecule has 1 aromatic heterocycles. The van der Waals surface area contributed by atoms with E-state index in [1.807, 2.05) is 46.9 Å². The summed E-state index contributed by atoms with van der Waals surface area (Å²) in [6.45, 7) is 10.7. The Morgan fingerprint density at radius 1 is 1.00 bits per heavy atom. The minimum Gasteiger partial charge on any atom is -0.368 e. The Bertz CT molecular complexity index is 802. The summed E-state index contributed by atoms with van der Waals surface area (Å²) in [5, 5.41) is 0. The van der Waals surface area contributed by atoms with Crippen LogP contribution in [0.5, 0.6) is 0 Å². The van der Waals surface area contributed by atoms with E-state index in [4.69, 9.17) is 0 Å². The van der Waals surface area contributed by atoms with Gasteiger partial charge in [0, 0.05) is 55.7 Å². The van der Waals surface area contributed by atoms with Gasteiger partial charge in [-0.3, -0.25) is 9.59 Å². The third-order valence-corrected chi connectivity index (χ3v) is 5.22. The number of aromatic nitrogens is 2. The van der Waals surface area contributed by atoms with Crippen molar-refractivity contribution in [2.24, 2.45) is 0 Å². The number of benzene rings is 1. The predicted octanol–water partition coefficient (Wildman–Crippen LogP) is 3.12. The summed E-state index contributed by atoms with van der Waals surface area (Å²) < 4.78 is 1.99. The van der Waals surface area contributed by atoms with E-state index in [0.717, 1.165) is 30.2 Å². The second-order valence-corrected chi connectivity index (χ2v) is 7.44. The smallest absolute Gasteiger partial charge is 0.245 e. The average Bonchev–Trinajstić information content (AvgIpc) is 3.17. The van der Waals surface area contributed by atoms with Crippen LogP contribution in [-0.2, 0) is 4.79 Å². The highest BCUT2D eigenvalue weighted by atomic mass is 16.2. The summed E-state index contributed by atoms with van der Waals surface area (Å²) in [4.78, 5) is 33.0. The summed E-state index contributed by atoms with van der Waals surface area (Å²) in [6.07, 6.45) is 3.66. The van der Waals surface area contributed by atoms with E-state index in [1.54, 1.807) is 13.1 Å². The maximum atomic E-state index is 13.0. The Hall–Kier alpha value is -2.63. The zero-order valence-corrected chi connectivity index (χ0v) is 16.6. The Labute approximate surface area is 160 Å². The molecule has 0 saturated carbocycles. The number of amides is 1. The van der Waals surface area contributed by atoms with Gasteiger partial charge in [0.25, 0.3) is 0 Å². The highest BCUT2D eigenvalue weighted by molar-refractivity contribution is 5.94. The van der Waals surface area contributed by atoms with E-state index < -0.39 is 0 Å². The zero-order valence-electron chi connectivity index (χ0n) is 16.6. The molecule has 2 heterocycles. The molecule has 1 atom stereocenters. The second kappa shape index (κ2) is 7.94. The first kappa shape index (κ1) is 19.1. The molecule has 0 bridgehead atoms. The second-order valence-electron chi connectivity index (χ2n) is 7.44. The molecule has 6 heteroatoms. The first-order chi connectivity index (χ1) is 12.9. The molecule has 0 N–H and O–H groups in total. The van der Waals surface area contributed by atoms with E-state index in [2.05, 4.69) is 23.7 Å². The van der Waals surface area contributed by atoms with Crippen molar-refractivity contribution in [3.8, 4) is 0 Å². The number of hydrogen-bond acceptors (Lipinski definition) is 4. The van der Waals surface area contributed by atoms with Crippen LogP contribution in [0.15, 0.2) is 36.7 Å². The van der Waals surface area contributed by atoms with Gasteiger partial charge in [-0.1, -0.05) is 13.8 Å². The van der Waals surface area contributed by atoms with Gasteiger partial charge in [-0.15, -0.1) is 0 Å². The summed E-state index contributed by atoms with van der Waals surface area (Å²) in [6, 6.07) is 7.45. The van der Waals surface area contributed by atoms with Gasteiger partial charge >= 0.3 is 0 Å². The molecule has 1 aliphatic rings. The summed E-state index contributed by atoms with van der Waals surface area (Å²) in [5.41, 5.74) is 1.82. The lowest BCUT2D eigenvalue weighted by Gasteiger charge is -2.37. The van der Waals surface area contributed by atoms with Gasteiger partial charge in [0.15, 0.2) is 5.78 Å². The lowest BCUT2D eigenvalue weighted by molar-refractivity contribution is -0.134. The number of hydrogen-bond donors (Lipinski definition) is 0. The maximum absolute atomic E-state index is 13.0. The van der Waals surface area contributed by atoms with Gasteiger partial charge < -0.3 is 14.4 Å². The average molecular weight is 368 g/mol. The monoisotopic (exact) mass is 368 g/mol. The minimum atomic E-state index is -0.244. The Kier molecular flexibility index (Phi) is 5.63. The van der Waals surface area contributed by atoms with Crippen LogP contribution in [0.3, 0.4) is 0 Å². The summed E-state index contributed by atoms with van der Waals surface area (Å²) >= 11 is 0. The van der Waals surface area contributed by atoms with E-state index >= 15 is 0 Å². The van der Waals surface area contributed by atoms with Crippen molar-refractivity contribution < 1.29 is 9.59 Å². The van der Waals surface area contributed by atoms with Crippen molar-refractivity contribution in [1.82, 2.24) is 14.5 Å². The maximum Gasteiger partial charge on any atom is 0.245 e. The van der Waals surface area contributed by atoms with Crippen LogP contribution < -0.4 is 4.90 Å². The number of rotatable bonds is 5. The van der Waals surface area contributed by atoms with Crippen LogP contribution in [0.25, 0.3) is 0 Å². The van der Waals surface area contributed by atoms with Crippen molar-refractivity contribution in [1.29, 1.82) is 0 Å². The Morgan fingerprint density at radius 2 is 1.63 bits per heavy atom. The fourth-order valence-corrected chi connectivity index (χ4v) is 3.57. The molecule has 1 fully saturated rings. The highest BCUT2D eigenvalue weighted by Crippen LogP contribution is 2.21. The quantitative estimate of drug-likeness (QED) is 0.761. The van der Waals surface area contributed by atoms with Gasteiger partial charge in [0.2, 0.25) is 5.91 Å². The third-order valence-electron chi connectivity index (χ3n) is 5.22. The fourth-order valence-electron chi connectivity index (χ4n) is 3.57. The normalized spacial score (nSPS) is 15.9. The number of nitrogens with zero attached hydrogens (tertiary/aromatic N) is 4. The molecule has 1 aromatic carbocycles. The number of carbonyl (C=O) groups excluding carboxylic acids is 2. The van der Waals surface area contributed by atoms with Crippen LogP contribution in [-0.4, -0.2) is 52.3 Å². The molecule has 0 radical (unpaired) electrons. The van der Waals surface area contributed by atoms with Gasteiger partial charge in [-0.2, -0.15) is 0 Å². The first-order valence-corrected chi connectivity index (χ1v) is 9.56. The number of imidazole rings is 1. The van der Waals surface area contributed by atoms with Crippen LogP contribution in [0.2, 0.25) is 0 Å². The van der Waals surface area contributed by atoms with E-state index in [9.17, 15) is 9.59 Å². The fraction of sp³-hybridized carbons (Fsp3) is 0.476. The number of piperazine rings is 1. The number of Topliss-reactive ketones (excluding diaryl/α,β-unsaturated/α-hetero) is 1. The first-order valence-electron chi connectivity index (χ1n) is 9.56. The highest BCUT2D eigenvalue weighted by Gasteiger charge is 2.27. The largest absolute Gasteiger partial charge is 0.368 e. The topological polar surface area (TPSA) is 58.4 Å². The van der Waals surface area contributed by atoms with Gasteiger partial charge in [0.05, 0.1) is 0 Å². The number of carbonyl (C=O) groups is 2. The molecule has 144 valence electrons. The molecule has 1 amide bonds. The molecule has 1 aliphatic heterocycles. The SMILES string of the molecule is CC(=O)c1ccc(N2CCN(C(=O)C(C)n3ccnc3C(C)C)CC2)cc1. The molecule has 27 heavy (non-hydrogen) atoms. The van der Waals surface area contributed by atoms with Crippen LogP contribution in [0, 0.1) is 0 Å². The van der Waals surface area contributed by atoms with Crippen LogP contribution >= 0.6 is 0 Å². The van der Waals surface area contributed by atoms with Crippen molar-refractivity contribution in [3.05, 3.63) is 48.0 Å². The van der Waals surface area contributed by atoms with E-state index in [0.29, 0.717) is 13.1 Å². The molecular formula is C21H28N4O2. The standard InChI is InChI=1S/C21H28N4O2/c1-15(2)20-22-9-10-25(20)16(3)21(27)24-13-11-23(12-14-24)19-7-5-18(6-8-19)17(4)26/h5-10,15-16H,11-14H2,1-4H3. The van der Waals surface area contributed by atoms with E-state index in [1.165, 1.54) is 0 Å². The molecule has 0 spiro atoms. The van der Waals surface area contributed by atoms with Crippen molar-refractivity contribution in [3.63, 3.8) is 0 Å². The number of anilines is 1. The predicted molar refractivity (Wildman–Crippen MR) is 106 cm³/mol. The molecular weight excluding hydrogens is 340 g/mol. The van der Waals surface area contributed by atoms with Crippen LogP contribution in [0.1, 0.15) is 55.8 Å². The van der Waals surface area contributed by atoms with Crippen molar-refractivity contribution >= 4 is 17.4 Å². The number of ketones is 1. The molecule has 6 nitrogen and oxygen atoms in total. The summed E-state index contributed by atoms with van der Waals surface area (Å²) in [7, 11) is 0. The summed E-state index contributed by atoms with van der Waals surface area (Å²) in [5.74, 6) is 1.44. The third kappa shape index (κ3) is 4.04. The molecule has 0 aliphatic carbocycles. The lowest BCUT2D eigenvalue weighted by atomic mass is 10.1. The molecule has 2 aromatic rings. The zero-order chi connectivity index (χ0) is 19.6. The lowest BCUT2D eigenvalue weighted by Crippen LogP contribution is -2.50. The van der Waals surface area contributed by atoms with Crippen molar-refractivity contribution in [2.45, 2.75) is 39.7 Å².